The van der Waals surface area contributed by atoms with E-state index in [1.807, 2.05) is 0 Å². The van der Waals surface area contributed by atoms with E-state index in [0.717, 1.165) is 0 Å². The van der Waals surface area contributed by atoms with Crippen LogP contribution in [0.2, 0.25) is 0 Å². The topological polar surface area (TPSA) is 0 Å². The van der Waals surface area contributed by atoms with Crippen molar-refractivity contribution in [2.75, 3.05) is 0 Å². The molecule has 0 unspecified atom stereocenters. The maximum absolute atomic E-state index is 3.72. The van der Waals surface area contributed by atoms with Gasteiger partial charge in [0, 0.05) is 8.95 Å². The maximum Gasteiger partial charge on any atom is 0.0320 e. The van der Waals surface area contributed by atoms with Crippen molar-refractivity contribution in [3.63, 3.8) is 0 Å². The second kappa shape index (κ2) is 4.17. The van der Waals surface area contributed by atoms with Gasteiger partial charge in [0.05, 0.1) is 0 Å². The second-order valence-electron chi connectivity index (χ2n) is 9.40. The van der Waals surface area contributed by atoms with E-state index in [9.17, 15) is 0 Å². The van der Waals surface area contributed by atoms with Gasteiger partial charge in [-0.25, -0.2) is 0 Å². The highest BCUT2D eigenvalue weighted by molar-refractivity contribution is 9.13. The summed E-state index contributed by atoms with van der Waals surface area (Å²) in [5.41, 5.74) is 3.64. The molecule has 4 aliphatic rings. The Hall–Kier alpha value is 0.180. The molecule has 5 rings (SSSR count). The molecule has 0 spiro atoms. The summed E-state index contributed by atoms with van der Waals surface area (Å²) in [6.07, 6.45) is 8.48. The average Bonchev–Trinajstić information content (AvgIpc) is 2.26. The minimum Gasteiger partial charge on any atom is -0.0596 e. The minimum absolute atomic E-state index is 0.413. The van der Waals surface area contributed by atoms with Crippen LogP contribution in [-0.2, 0) is 5.41 Å². The summed E-state index contributed by atoms with van der Waals surface area (Å²) in [7, 11) is 0. The molecule has 21 heavy (non-hydrogen) atoms. The van der Waals surface area contributed by atoms with Crippen LogP contribution in [0.3, 0.4) is 0 Å². The zero-order chi connectivity index (χ0) is 15.1. The van der Waals surface area contributed by atoms with Gasteiger partial charge in [-0.05, 0) is 110 Å². The summed E-state index contributed by atoms with van der Waals surface area (Å²) in [5.74, 6) is 0. The molecule has 0 atom stereocenters. The number of hydrogen-bond donors (Lipinski definition) is 0. The number of rotatable bonds is 1. The molecule has 0 amide bonds. The number of hydrogen-bond acceptors (Lipinski definition) is 0. The maximum atomic E-state index is 3.72. The van der Waals surface area contributed by atoms with Crippen molar-refractivity contribution in [3.05, 3.63) is 32.7 Å². The lowest BCUT2D eigenvalue weighted by Gasteiger charge is -2.69. The van der Waals surface area contributed by atoms with Gasteiger partial charge in [0.15, 0.2) is 0 Å². The van der Waals surface area contributed by atoms with Crippen LogP contribution in [0.4, 0.5) is 0 Å². The van der Waals surface area contributed by atoms with Crippen LogP contribution in [0.5, 0.6) is 0 Å². The first kappa shape index (κ1) is 14.8. The molecule has 2 heteroatoms. The lowest BCUT2D eigenvalue weighted by Crippen LogP contribution is -2.60. The summed E-state index contributed by atoms with van der Waals surface area (Å²) >= 11 is 7.34. The molecule has 0 aliphatic heterocycles. The lowest BCUT2D eigenvalue weighted by atomic mass is 9.35. The second-order valence-corrected chi connectivity index (χ2v) is 11.1. The molecule has 0 N–H and O–H groups in total. The summed E-state index contributed by atoms with van der Waals surface area (Å²) in [5, 5.41) is 0. The quantitative estimate of drug-likeness (QED) is 0.473. The number of halogens is 2. The lowest BCUT2D eigenvalue weighted by molar-refractivity contribution is -0.152. The van der Waals surface area contributed by atoms with Crippen LogP contribution >= 0.6 is 31.9 Å². The highest BCUT2D eigenvalue weighted by atomic mass is 79.9. The van der Waals surface area contributed by atoms with Crippen molar-refractivity contribution in [1.82, 2.24) is 0 Å². The summed E-state index contributed by atoms with van der Waals surface area (Å²) in [6.45, 7) is 7.68. The Labute approximate surface area is 145 Å². The first-order valence-electron chi connectivity index (χ1n) is 8.11. The monoisotopic (exact) mass is 410 g/mol. The van der Waals surface area contributed by atoms with E-state index in [1.165, 1.54) is 47.5 Å². The van der Waals surface area contributed by atoms with Gasteiger partial charge in [-0.2, -0.15) is 0 Å². The van der Waals surface area contributed by atoms with Gasteiger partial charge in [-0.3, -0.25) is 0 Å². The average molecular weight is 412 g/mol. The van der Waals surface area contributed by atoms with Crippen molar-refractivity contribution in [1.29, 1.82) is 0 Å². The zero-order valence-corrected chi connectivity index (χ0v) is 16.4. The Bertz CT molecular complexity index is 564. The third kappa shape index (κ3) is 2.19. The molecule has 0 nitrogen and oxygen atoms in total. The first-order chi connectivity index (χ1) is 9.65. The fourth-order valence-electron chi connectivity index (χ4n) is 7.42. The molecular formula is C19H24Br2. The van der Waals surface area contributed by atoms with Gasteiger partial charge < -0.3 is 0 Å². The highest BCUT2D eigenvalue weighted by Gasteiger charge is 2.64. The standard InChI is InChI=1S/C19H24Br2/c1-16-7-17(2)9-18(3,8-16)12-19(10-16,11-17)13-4-5-14(20)15(21)6-13/h4-6H,7-12H2,1-3H3. The van der Waals surface area contributed by atoms with Gasteiger partial charge in [-0.1, -0.05) is 26.8 Å². The fourth-order valence-corrected chi connectivity index (χ4v) is 8.05. The van der Waals surface area contributed by atoms with Crippen LogP contribution in [0.15, 0.2) is 27.1 Å². The SMILES string of the molecule is CC12CC3(C)CC(C)(C1)CC(c1ccc(Br)c(Br)c1)(C2)C3. The molecule has 1 aromatic carbocycles. The molecule has 0 radical (unpaired) electrons. The molecule has 4 saturated carbocycles. The van der Waals surface area contributed by atoms with Crippen molar-refractivity contribution < 1.29 is 0 Å². The van der Waals surface area contributed by atoms with E-state index >= 15 is 0 Å². The Kier molecular flexibility index (Phi) is 2.93. The van der Waals surface area contributed by atoms with Crippen molar-refractivity contribution >= 4 is 31.9 Å². The molecular weight excluding hydrogens is 388 g/mol. The van der Waals surface area contributed by atoms with E-state index in [4.69, 9.17) is 0 Å². The molecule has 4 aliphatic carbocycles. The van der Waals surface area contributed by atoms with Crippen LogP contribution in [0.1, 0.15) is 64.9 Å². The van der Waals surface area contributed by atoms with Gasteiger partial charge in [0.2, 0.25) is 0 Å². The third-order valence-electron chi connectivity index (χ3n) is 6.39. The molecule has 1 aromatic rings. The predicted molar refractivity (Wildman–Crippen MR) is 95.5 cm³/mol. The minimum atomic E-state index is 0.413. The summed E-state index contributed by atoms with van der Waals surface area (Å²) in [6, 6.07) is 6.98. The van der Waals surface area contributed by atoms with E-state index < -0.39 is 0 Å². The highest BCUT2D eigenvalue weighted by Crippen LogP contribution is 2.73. The Balaban J connectivity index is 1.85. The van der Waals surface area contributed by atoms with E-state index in [0.29, 0.717) is 21.7 Å². The van der Waals surface area contributed by atoms with Gasteiger partial charge >= 0.3 is 0 Å². The zero-order valence-electron chi connectivity index (χ0n) is 13.2. The predicted octanol–water partition coefficient (Wildman–Crippen LogP) is 6.85. The molecule has 0 aromatic heterocycles. The Morgan fingerprint density at radius 3 is 1.62 bits per heavy atom. The van der Waals surface area contributed by atoms with Crippen LogP contribution in [-0.4, -0.2) is 0 Å². The first-order valence-corrected chi connectivity index (χ1v) is 9.69. The van der Waals surface area contributed by atoms with Crippen molar-refractivity contribution in [3.8, 4) is 0 Å². The molecule has 4 bridgehead atoms. The largest absolute Gasteiger partial charge is 0.0596 e. The third-order valence-corrected chi connectivity index (χ3v) is 8.27. The van der Waals surface area contributed by atoms with E-state index in [2.05, 4.69) is 70.8 Å². The van der Waals surface area contributed by atoms with Gasteiger partial charge in [0.25, 0.3) is 0 Å². The van der Waals surface area contributed by atoms with Crippen LogP contribution in [0, 0.1) is 16.2 Å². The van der Waals surface area contributed by atoms with Gasteiger partial charge in [-0.15, -0.1) is 0 Å². The number of benzene rings is 1. The van der Waals surface area contributed by atoms with Crippen LogP contribution in [0.25, 0.3) is 0 Å². The normalized spacial score (nSPS) is 47.9. The van der Waals surface area contributed by atoms with Crippen molar-refractivity contribution in [2.24, 2.45) is 16.2 Å². The van der Waals surface area contributed by atoms with E-state index in [1.54, 1.807) is 5.56 Å². The summed E-state index contributed by atoms with van der Waals surface area (Å²) < 4.78 is 2.37. The molecule has 114 valence electrons. The van der Waals surface area contributed by atoms with Gasteiger partial charge in [0.1, 0.15) is 0 Å². The molecule has 0 heterocycles. The smallest absolute Gasteiger partial charge is 0.0320 e. The van der Waals surface area contributed by atoms with Crippen LogP contribution < -0.4 is 0 Å². The molecule has 0 saturated heterocycles. The Morgan fingerprint density at radius 2 is 1.19 bits per heavy atom. The van der Waals surface area contributed by atoms with Crippen molar-refractivity contribution in [2.45, 2.75) is 64.7 Å². The summed E-state index contributed by atoms with van der Waals surface area (Å²) in [4.78, 5) is 0. The fraction of sp³-hybridized carbons (Fsp3) is 0.684. The Morgan fingerprint density at radius 1 is 0.714 bits per heavy atom. The molecule has 4 fully saturated rings. The van der Waals surface area contributed by atoms with E-state index in [-0.39, 0.29) is 0 Å².